The average Bonchev–Trinajstić information content (AvgIpc) is 2.90. The molecule has 1 nitrogen and oxygen atoms in total. The first-order chi connectivity index (χ1) is 6.31. The summed E-state index contributed by atoms with van der Waals surface area (Å²) < 4.78 is 0. The normalized spacial score (nSPS) is 18.6. The van der Waals surface area contributed by atoms with Crippen molar-refractivity contribution >= 4 is 0 Å². The second-order valence-electron chi connectivity index (χ2n) is 4.09. The number of hydrogen-bond donors (Lipinski definition) is 1. The summed E-state index contributed by atoms with van der Waals surface area (Å²) in [6.07, 6.45) is 2.74. The Hall–Kier alpha value is -0.820. The second kappa shape index (κ2) is 3.51. The minimum absolute atomic E-state index is 0.611. The zero-order valence-electron chi connectivity index (χ0n) is 8.16. The lowest BCUT2D eigenvalue weighted by Gasteiger charge is -2.14. The first-order valence-electron chi connectivity index (χ1n) is 5.08. The lowest BCUT2D eigenvalue weighted by atomic mass is 9.93. The monoisotopic (exact) mass is 175 g/mol. The lowest BCUT2D eigenvalue weighted by Crippen LogP contribution is -2.14. The molecule has 0 saturated heterocycles. The molecule has 0 radical (unpaired) electrons. The topological polar surface area (TPSA) is 26.0 Å². The van der Waals surface area contributed by atoms with Gasteiger partial charge in [-0.3, -0.25) is 0 Å². The van der Waals surface area contributed by atoms with Crippen LogP contribution >= 0.6 is 0 Å². The summed E-state index contributed by atoms with van der Waals surface area (Å²) in [6, 6.07) is 8.76. The second-order valence-corrected chi connectivity index (χ2v) is 4.09. The Balaban J connectivity index is 2.21. The van der Waals surface area contributed by atoms with Crippen molar-refractivity contribution in [2.24, 2.45) is 11.7 Å². The van der Waals surface area contributed by atoms with Gasteiger partial charge in [0.15, 0.2) is 0 Å². The summed E-state index contributed by atoms with van der Waals surface area (Å²) in [4.78, 5) is 0. The standard InChI is InChI=1S/C12H17N/c1-9-3-2-4-11(7-9)12(8-13)10-5-6-10/h2-4,7,10,12H,5-6,8,13H2,1H3. The Bertz CT molecular complexity index is 289. The molecule has 13 heavy (non-hydrogen) atoms. The van der Waals surface area contributed by atoms with Crippen LogP contribution in [0.25, 0.3) is 0 Å². The van der Waals surface area contributed by atoms with E-state index >= 15 is 0 Å². The average molecular weight is 175 g/mol. The van der Waals surface area contributed by atoms with Gasteiger partial charge in [0.1, 0.15) is 0 Å². The molecule has 1 aliphatic carbocycles. The van der Waals surface area contributed by atoms with Crippen LogP contribution < -0.4 is 5.73 Å². The summed E-state index contributed by atoms with van der Waals surface area (Å²) in [5.41, 5.74) is 8.58. The van der Waals surface area contributed by atoms with E-state index in [1.165, 1.54) is 24.0 Å². The number of benzene rings is 1. The third-order valence-corrected chi connectivity index (χ3v) is 2.92. The van der Waals surface area contributed by atoms with Crippen molar-refractivity contribution in [3.05, 3.63) is 35.4 Å². The minimum atomic E-state index is 0.611. The largest absolute Gasteiger partial charge is 0.330 e. The smallest absolute Gasteiger partial charge is 0.000556 e. The highest BCUT2D eigenvalue weighted by Gasteiger charge is 2.30. The van der Waals surface area contributed by atoms with E-state index in [2.05, 4.69) is 31.2 Å². The fraction of sp³-hybridized carbons (Fsp3) is 0.500. The van der Waals surface area contributed by atoms with Crippen molar-refractivity contribution in [2.75, 3.05) is 6.54 Å². The van der Waals surface area contributed by atoms with E-state index < -0.39 is 0 Å². The molecule has 1 atom stereocenters. The Kier molecular flexibility index (Phi) is 2.36. The number of hydrogen-bond acceptors (Lipinski definition) is 1. The quantitative estimate of drug-likeness (QED) is 0.750. The van der Waals surface area contributed by atoms with Crippen molar-refractivity contribution in [3.63, 3.8) is 0 Å². The van der Waals surface area contributed by atoms with Crippen LogP contribution in [-0.4, -0.2) is 6.54 Å². The Morgan fingerprint density at radius 2 is 2.23 bits per heavy atom. The van der Waals surface area contributed by atoms with Crippen LogP contribution in [0.5, 0.6) is 0 Å². The number of aryl methyl sites for hydroxylation is 1. The highest BCUT2D eigenvalue weighted by molar-refractivity contribution is 5.27. The predicted molar refractivity (Wildman–Crippen MR) is 55.7 cm³/mol. The van der Waals surface area contributed by atoms with Gasteiger partial charge in [0, 0.05) is 0 Å². The van der Waals surface area contributed by atoms with Crippen LogP contribution in [0.1, 0.15) is 29.9 Å². The summed E-state index contributed by atoms with van der Waals surface area (Å²) in [6.45, 7) is 2.94. The Morgan fingerprint density at radius 1 is 1.46 bits per heavy atom. The van der Waals surface area contributed by atoms with Gasteiger partial charge in [0.05, 0.1) is 0 Å². The minimum Gasteiger partial charge on any atom is -0.330 e. The van der Waals surface area contributed by atoms with Crippen LogP contribution in [0, 0.1) is 12.8 Å². The molecule has 1 saturated carbocycles. The summed E-state index contributed by atoms with van der Waals surface area (Å²) >= 11 is 0. The first kappa shape index (κ1) is 8.76. The summed E-state index contributed by atoms with van der Waals surface area (Å²) in [5, 5.41) is 0. The van der Waals surface area contributed by atoms with Gasteiger partial charge in [0.2, 0.25) is 0 Å². The number of rotatable bonds is 3. The van der Waals surface area contributed by atoms with E-state index in [1.807, 2.05) is 0 Å². The third-order valence-electron chi connectivity index (χ3n) is 2.92. The fourth-order valence-corrected chi connectivity index (χ4v) is 2.00. The molecule has 0 amide bonds. The molecule has 0 aromatic heterocycles. The van der Waals surface area contributed by atoms with Crippen LogP contribution in [0.15, 0.2) is 24.3 Å². The molecule has 2 N–H and O–H groups in total. The van der Waals surface area contributed by atoms with Crippen molar-refractivity contribution in [1.82, 2.24) is 0 Å². The van der Waals surface area contributed by atoms with E-state index in [0.29, 0.717) is 5.92 Å². The van der Waals surface area contributed by atoms with E-state index in [-0.39, 0.29) is 0 Å². The zero-order chi connectivity index (χ0) is 9.26. The van der Waals surface area contributed by atoms with Gasteiger partial charge in [0.25, 0.3) is 0 Å². The van der Waals surface area contributed by atoms with E-state index in [4.69, 9.17) is 5.73 Å². The van der Waals surface area contributed by atoms with Crippen molar-refractivity contribution in [1.29, 1.82) is 0 Å². The maximum Gasteiger partial charge on any atom is -0.000556 e. The molecule has 1 heteroatoms. The molecular weight excluding hydrogens is 158 g/mol. The molecule has 1 fully saturated rings. The predicted octanol–water partition coefficient (Wildman–Crippen LogP) is 2.45. The van der Waals surface area contributed by atoms with Crippen LogP contribution in [0.2, 0.25) is 0 Å². The molecule has 0 bridgehead atoms. The van der Waals surface area contributed by atoms with Crippen molar-refractivity contribution < 1.29 is 0 Å². The SMILES string of the molecule is Cc1cccc(C(CN)C2CC2)c1. The third kappa shape index (κ3) is 1.92. The van der Waals surface area contributed by atoms with Crippen molar-refractivity contribution in [2.45, 2.75) is 25.7 Å². The van der Waals surface area contributed by atoms with Gasteiger partial charge >= 0.3 is 0 Å². The number of nitrogens with two attached hydrogens (primary N) is 1. The van der Waals surface area contributed by atoms with Crippen LogP contribution in [-0.2, 0) is 0 Å². The van der Waals surface area contributed by atoms with E-state index in [9.17, 15) is 0 Å². The van der Waals surface area contributed by atoms with Crippen LogP contribution in [0.3, 0.4) is 0 Å². The molecule has 0 heterocycles. The van der Waals surface area contributed by atoms with Gasteiger partial charge in [-0.05, 0) is 43.7 Å². The molecular formula is C12H17N. The molecule has 1 unspecified atom stereocenters. The highest BCUT2D eigenvalue weighted by atomic mass is 14.6. The van der Waals surface area contributed by atoms with Gasteiger partial charge < -0.3 is 5.73 Å². The van der Waals surface area contributed by atoms with Gasteiger partial charge in [-0.2, -0.15) is 0 Å². The van der Waals surface area contributed by atoms with Crippen molar-refractivity contribution in [3.8, 4) is 0 Å². The Labute approximate surface area is 80.0 Å². The summed E-state index contributed by atoms with van der Waals surface area (Å²) in [5.74, 6) is 1.48. The highest BCUT2D eigenvalue weighted by Crippen LogP contribution is 2.41. The molecule has 0 aliphatic heterocycles. The molecule has 1 aromatic carbocycles. The summed E-state index contributed by atoms with van der Waals surface area (Å²) in [7, 11) is 0. The molecule has 0 spiro atoms. The van der Waals surface area contributed by atoms with Gasteiger partial charge in [-0.25, -0.2) is 0 Å². The lowest BCUT2D eigenvalue weighted by molar-refractivity contribution is 0.615. The van der Waals surface area contributed by atoms with E-state index in [0.717, 1.165) is 12.5 Å². The van der Waals surface area contributed by atoms with Gasteiger partial charge in [-0.15, -0.1) is 0 Å². The zero-order valence-corrected chi connectivity index (χ0v) is 8.16. The fourth-order valence-electron chi connectivity index (χ4n) is 2.00. The Morgan fingerprint density at radius 3 is 2.77 bits per heavy atom. The maximum atomic E-state index is 5.80. The molecule has 70 valence electrons. The molecule has 2 rings (SSSR count). The molecule has 1 aliphatic rings. The van der Waals surface area contributed by atoms with Gasteiger partial charge in [-0.1, -0.05) is 29.8 Å². The first-order valence-corrected chi connectivity index (χ1v) is 5.08. The molecule has 1 aromatic rings. The maximum absolute atomic E-state index is 5.80. The van der Waals surface area contributed by atoms with E-state index in [1.54, 1.807) is 0 Å². The van der Waals surface area contributed by atoms with Crippen LogP contribution in [0.4, 0.5) is 0 Å².